The number of nitrogens with zero attached hydrogens (tertiary/aromatic N) is 1. The molecule has 3 aliphatic carbocycles. The third kappa shape index (κ3) is 5.55. The standard InChI is InChI=1S/C28H44N4O5/c1-15(33)21(34)18(13-16-9-8-10-16)29-23(35)20-19-17(27(19,5)6)14-32(20)24(36)22(26(2,3)4)30-25(37)31-28(7)11-12-28/h16-20,22H,8-14H2,1-7H3,(H,29,35)(H2,30,31,37)/t17?,18-,19?,20+,22-/m1/s1. The Kier molecular flexibility index (Phi) is 6.99. The summed E-state index contributed by atoms with van der Waals surface area (Å²) in [4.78, 5) is 66.6. The summed E-state index contributed by atoms with van der Waals surface area (Å²) in [6, 6.07) is -2.82. The number of carbonyl (C=O) groups excluding carboxylic acids is 5. The molecule has 4 rings (SSSR count). The lowest BCUT2D eigenvalue weighted by Gasteiger charge is -2.38. The average Bonchev–Trinajstić information content (AvgIpc) is 3.51. The molecule has 5 atom stereocenters. The van der Waals surface area contributed by atoms with E-state index in [9.17, 15) is 24.0 Å². The number of rotatable bonds is 9. The highest BCUT2D eigenvalue weighted by Gasteiger charge is 2.70. The molecule has 9 nitrogen and oxygen atoms in total. The van der Waals surface area contributed by atoms with Crippen LogP contribution in [0.2, 0.25) is 0 Å². The van der Waals surface area contributed by atoms with E-state index < -0.39 is 35.1 Å². The van der Waals surface area contributed by atoms with Crippen molar-refractivity contribution in [3.05, 3.63) is 0 Å². The van der Waals surface area contributed by atoms with Gasteiger partial charge in [-0.2, -0.15) is 0 Å². The number of carbonyl (C=O) groups is 5. The number of piperidine rings is 1. The SMILES string of the molecule is CC(=O)C(=O)[C@@H](CC1CCC1)NC(=O)[C@@H]1C2C(CN1C(=O)[C@@H](NC(=O)NC1(C)CC1)C(C)(C)C)C2(C)C. The van der Waals surface area contributed by atoms with Gasteiger partial charge in [0.25, 0.3) is 0 Å². The maximum atomic E-state index is 13.9. The van der Waals surface area contributed by atoms with Crippen molar-refractivity contribution in [2.45, 2.75) is 111 Å². The van der Waals surface area contributed by atoms with E-state index in [0.717, 1.165) is 32.1 Å². The summed E-state index contributed by atoms with van der Waals surface area (Å²) in [5, 5.41) is 8.71. The van der Waals surface area contributed by atoms with E-state index in [4.69, 9.17) is 0 Å². The zero-order valence-corrected chi connectivity index (χ0v) is 23.4. The second-order valence-corrected chi connectivity index (χ2v) is 13.9. The molecule has 4 aliphatic rings. The van der Waals surface area contributed by atoms with Gasteiger partial charge >= 0.3 is 6.03 Å². The van der Waals surface area contributed by atoms with Gasteiger partial charge in [0.05, 0.1) is 6.04 Å². The fourth-order valence-corrected chi connectivity index (χ4v) is 6.18. The van der Waals surface area contributed by atoms with Crippen LogP contribution in [0.3, 0.4) is 0 Å². The highest BCUT2D eigenvalue weighted by Crippen LogP contribution is 2.65. The minimum Gasteiger partial charge on any atom is -0.344 e. The van der Waals surface area contributed by atoms with Gasteiger partial charge in [0.1, 0.15) is 12.1 Å². The lowest BCUT2D eigenvalue weighted by atomic mass is 9.79. The van der Waals surface area contributed by atoms with Crippen molar-refractivity contribution in [1.29, 1.82) is 0 Å². The Morgan fingerprint density at radius 1 is 1.00 bits per heavy atom. The number of amides is 4. The number of hydrogen-bond donors (Lipinski definition) is 3. The van der Waals surface area contributed by atoms with E-state index in [2.05, 4.69) is 29.8 Å². The van der Waals surface area contributed by atoms with Crippen molar-refractivity contribution in [3.63, 3.8) is 0 Å². The van der Waals surface area contributed by atoms with Crippen LogP contribution in [0, 0.1) is 28.6 Å². The third-order valence-corrected chi connectivity index (χ3v) is 9.34. The topological polar surface area (TPSA) is 125 Å². The molecule has 9 heteroatoms. The number of likely N-dealkylation sites (tertiary alicyclic amines) is 1. The fraction of sp³-hybridized carbons (Fsp3) is 0.821. The molecule has 3 N–H and O–H groups in total. The maximum Gasteiger partial charge on any atom is 0.315 e. The Balaban J connectivity index is 1.53. The molecular formula is C28H44N4O5. The van der Waals surface area contributed by atoms with Crippen molar-refractivity contribution in [1.82, 2.24) is 20.9 Å². The predicted octanol–water partition coefficient (Wildman–Crippen LogP) is 2.57. The first kappa shape index (κ1) is 27.6. The molecule has 3 saturated carbocycles. The van der Waals surface area contributed by atoms with Crippen LogP contribution < -0.4 is 16.0 Å². The molecule has 1 saturated heterocycles. The summed E-state index contributed by atoms with van der Waals surface area (Å²) in [7, 11) is 0. The Bertz CT molecular complexity index is 991. The number of ketones is 2. The lowest BCUT2D eigenvalue weighted by molar-refractivity contribution is -0.145. The molecule has 0 radical (unpaired) electrons. The summed E-state index contributed by atoms with van der Waals surface area (Å²) >= 11 is 0. The van der Waals surface area contributed by atoms with E-state index in [1.165, 1.54) is 6.92 Å². The maximum absolute atomic E-state index is 13.9. The fourth-order valence-electron chi connectivity index (χ4n) is 6.18. The molecule has 0 bridgehead atoms. The summed E-state index contributed by atoms with van der Waals surface area (Å²) in [5.74, 6) is -1.37. The molecule has 4 amide bonds. The van der Waals surface area contributed by atoms with Crippen LogP contribution in [0.15, 0.2) is 0 Å². The van der Waals surface area contributed by atoms with E-state index in [-0.39, 0.29) is 40.6 Å². The second kappa shape index (κ2) is 9.38. The van der Waals surface area contributed by atoms with Crippen LogP contribution in [-0.2, 0) is 19.2 Å². The number of urea groups is 1. The zero-order chi connectivity index (χ0) is 27.5. The number of nitrogens with one attached hydrogen (secondary N) is 3. The smallest absolute Gasteiger partial charge is 0.315 e. The van der Waals surface area contributed by atoms with Gasteiger partial charge in [-0.25, -0.2) is 4.79 Å². The van der Waals surface area contributed by atoms with Gasteiger partial charge in [0.15, 0.2) is 5.78 Å². The monoisotopic (exact) mass is 516 g/mol. The van der Waals surface area contributed by atoms with Crippen molar-refractivity contribution >= 4 is 29.4 Å². The van der Waals surface area contributed by atoms with E-state index in [1.54, 1.807) is 4.90 Å². The van der Waals surface area contributed by atoms with Crippen LogP contribution in [0.25, 0.3) is 0 Å². The molecule has 1 heterocycles. The van der Waals surface area contributed by atoms with Crippen LogP contribution in [-0.4, -0.2) is 64.5 Å². The highest BCUT2D eigenvalue weighted by molar-refractivity contribution is 6.38. The first-order valence-electron chi connectivity index (χ1n) is 13.8. The molecular weight excluding hydrogens is 472 g/mol. The Morgan fingerprint density at radius 2 is 1.62 bits per heavy atom. The first-order valence-corrected chi connectivity index (χ1v) is 13.8. The third-order valence-electron chi connectivity index (χ3n) is 9.34. The molecule has 0 aromatic rings. The van der Waals surface area contributed by atoms with Crippen LogP contribution >= 0.6 is 0 Å². The lowest BCUT2D eigenvalue weighted by Crippen LogP contribution is -2.61. The van der Waals surface area contributed by atoms with Crippen molar-refractivity contribution in [2.24, 2.45) is 28.6 Å². The van der Waals surface area contributed by atoms with Gasteiger partial charge in [0.2, 0.25) is 17.6 Å². The molecule has 206 valence electrons. The molecule has 0 aromatic carbocycles. The molecule has 2 unspecified atom stereocenters. The molecule has 0 spiro atoms. The number of hydrogen-bond acceptors (Lipinski definition) is 5. The minimum absolute atomic E-state index is 0.0342. The quantitative estimate of drug-likeness (QED) is 0.406. The van der Waals surface area contributed by atoms with Gasteiger partial charge in [-0.15, -0.1) is 0 Å². The normalized spacial score (nSPS) is 28.7. The Morgan fingerprint density at radius 3 is 2.11 bits per heavy atom. The zero-order valence-electron chi connectivity index (χ0n) is 23.4. The molecule has 37 heavy (non-hydrogen) atoms. The summed E-state index contributed by atoms with van der Waals surface area (Å²) in [6.07, 6.45) is 5.33. The van der Waals surface area contributed by atoms with E-state index >= 15 is 0 Å². The van der Waals surface area contributed by atoms with Crippen LogP contribution in [0.5, 0.6) is 0 Å². The Hall–Kier alpha value is -2.45. The molecule has 4 fully saturated rings. The largest absolute Gasteiger partial charge is 0.344 e. The highest BCUT2D eigenvalue weighted by atomic mass is 16.2. The number of Topliss-reactive ketones (excluding diaryl/α,β-unsaturated/α-hetero) is 2. The summed E-state index contributed by atoms with van der Waals surface area (Å²) < 4.78 is 0. The van der Waals surface area contributed by atoms with Crippen molar-refractivity contribution in [3.8, 4) is 0 Å². The molecule has 1 aliphatic heterocycles. The van der Waals surface area contributed by atoms with Gasteiger partial charge < -0.3 is 20.9 Å². The predicted molar refractivity (Wildman–Crippen MR) is 138 cm³/mol. The van der Waals surface area contributed by atoms with Crippen molar-refractivity contribution < 1.29 is 24.0 Å². The van der Waals surface area contributed by atoms with Gasteiger partial charge in [-0.05, 0) is 54.8 Å². The van der Waals surface area contributed by atoms with Gasteiger partial charge in [-0.3, -0.25) is 19.2 Å². The van der Waals surface area contributed by atoms with E-state index in [1.807, 2.05) is 27.7 Å². The Labute approximate surface area is 220 Å². The van der Waals surface area contributed by atoms with Crippen LogP contribution in [0.4, 0.5) is 4.79 Å². The summed E-state index contributed by atoms with van der Waals surface area (Å²) in [5.41, 5.74) is -0.912. The van der Waals surface area contributed by atoms with Gasteiger partial charge in [-0.1, -0.05) is 53.9 Å². The second-order valence-electron chi connectivity index (χ2n) is 13.9. The molecule has 0 aromatic heterocycles. The summed E-state index contributed by atoms with van der Waals surface area (Å²) in [6.45, 7) is 13.5. The van der Waals surface area contributed by atoms with E-state index in [0.29, 0.717) is 18.9 Å². The average molecular weight is 517 g/mol. The van der Waals surface area contributed by atoms with Crippen LogP contribution in [0.1, 0.15) is 87.0 Å². The van der Waals surface area contributed by atoms with Gasteiger partial charge in [0, 0.05) is 19.0 Å². The number of fused-ring (bicyclic) bond motifs is 1. The minimum atomic E-state index is -0.866. The van der Waals surface area contributed by atoms with Crippen molar-refractivity contribution in [2.75, 3.05) is 6.54 Å². The first-order chi connectivity index (χ1) is 17.0.